The first-order valence-corrected chi connectivity index (χ1v) is 10.6. The van der Waals surface area contributed by atoms with Crippen molar-refractivity contribution in [3.63, 3.8) is 0 Å². The molecule has 11 heteroatoms. The summed E-state index contributed by atoms with van der Waals surface area (Å²) in [5.74, 6) is -0.0972. The average molecular weight is 500 g/mol. The van der Waals surface area contributed by atoms with Gasteiger partial charge < -0.3 is 14.2 Å². The number of esters is 2. The van der Waals surface area contributed by atoms with E-state index in [1.54, 1.807) is 24.3 Å². The number of nitrogens with zero attached hydrogens (tertiary/aromatic N) is 2. The molecule has 0 saturated carbocycles. The summed E-state index contributed by atoms with van der Waals surface area (Å²) in [7, 11) is 0. The molecule has 0 spiro atoms. The standard InChI is InChI=1S/C26H16N2O9/c29-25(36-23-13-5-19(6-14-23)27(31)32)17-1-9-21(10-2-17)35-22-11-3-18(4-12-22)26(30)37-24-15-7-20(8-16-24)28(33)34/h1-16H. The smallest absolute Gasteiger partial charge is 0.343 e. The zero-order chi connectivity index (χ0) is 26.4. The van der Waals surface area contributed by atoms with E-state index >= 15 is 0 Å². The SMILES string of the molecule is O=C(Oc1ccc([N+](=O)[O-])cc1)c1ccc(Oc2ccc(C(=O)Oc3ccc([N+](=O)[O-])cc3)cc2)cc1. The lowest BCUT2D eigenvalue weighted by Gasteiger charge is -2.08. The van der Waals surface area contributed by atoms with Gasteiger partial charge in [-0.2, -0.15) is 0 Å². The quantitative estimate of drug-likeness (QED) is 0.128. The van der Waals surface area contributed by atoms with Crippen molar-refractivity contribution >= 4 is 23.3 Å². The molecular formula is C26H16N2O9. The van der Waals surface area contributed by atoms with E-state index in [9.17, 15) is 29.8 Å². The lowest BCUT2D eigenvalue weighted by molar-refractivity contribution is -0.385. The maximum Gasteiger partial charge on any atom is 0.343 e. The van der Waals surface area contributed by atoms with Crippen molar-refractivity contribution in [3.05, 3.63) is 128 Å². The second kappa shape index (κ2) is 10.8. The van der Waals surface area contributed by atoms with Gasteiger partial charge in [0.1, 0.15) is 23.0 Å². The lowest BCUT2D eigenvalue weighted by atomic mass is 10.2. The van der Waals surface area contributed by atoms with Crippen LogP contribution in [0.1, 0.15) is 20.7 Å². The van der Waals surface area contributed by atoms with E-state index in [0.717, 1.165) is 0 Å². The van der Waals surface area contributed by atoms with Crippen molar-refractivity contribution in [3.8, 4) is 23.0 Å². The summed E-state index contributed by atoms with van der Waals surface area (Å²) >= 11 is 0. The van der Waals surface area contributed by atoms with E-state index in [4.69, 9.17) is 14.2 Å². The second-order valence-electron chi connectivity index (χ2n) is 7.43. The van der Waals surface area contributed by atoms with Gasteiger partial charge in [-0.25, -0.2) is 9.59 Å². The summed E-state index contributed by atoms with van der Waals surface area (Å²) in [6.45, 7) is 0. The Morgan fingerprint density at radius 2 is 0.784 bits per heavy atom. The van der Waals surface area contributed by atoms with Crippen molar-refractivity contribution in [2.75, 3.05) is 0 Å². The van der Waals surface area contributed by atoms with Crippen LogP contribution in [0, 0.1) is 20.2 Å². The maximum atomic E-state index is 12.3. The normalized spacial score (nSPS) is 10.3. The summed E-state index contributed by atoms with van der Waals surface area (Å²) in [5.41, 5.74) is 0.261. The molecule has 0 saturated heterocycles. The molecule has 0 bridgehead atoms. The van der Waals surface area contributed by atoms with Crippen LogP contribution >= 0.6 is 0 Å². The van der Waals surface area contributed by atoms with Gasteiger partial charge in [-0.3, -0.25) is 20.2 Å². The molecule has 0 heterocycles. The number of hydrogen-bond donors (Lipinski definition) is 0. The molecule has 0 aliphatic carbocycles. The van der Waals surface area contributed by atoms with Gasteiger partial charge in [-0.05, 0) is 72.8 Å². The van der Waals surface area contributed by atoms with Crippen LogP contribution in [0.5, 0.6) is 23.0 Å². The largest absolute Gasteiger partial charge is 0.457 e. The molecule has 0 amide bonds. The summed E-state index contributed by atoms with van der Waals surface area (Å²) in [6, 6.07) is 22.5. The Hall–Kier alpha value is -5.58. The molecule has 0 unspecified atom stereocenters. The molecule has 0 radical (unpaired) electrons. The molecule has 184 valence electrons. The first-order valence-electron chi connectivity index (χ1n) is 10.6. The van der Waals surface area contributed by atoms with Gasteiger partial charge >= 0.3 is 11.9 Å². The van der Waals surface area contributed by atoms with Crippen LogP contribution < -0.4 is 14.2 Å². The Labute approximate surface area is 208 Å². The predicted octanol–water partition coefficient (Wildman–Crippen LogP) is 5.73. The first kappa shape index (κ1) is 24.5. The third-order valence-electron chi connectivity index (χ3n) is 4.93. The fourth-order valence-electron chi connectivity index (χ4n) is 3.06. The second-order valence-corrected chi connectivity index (χ2v) is 7.43. The number of rotatable bonds is 8. The Morgan fingerprint density at radius 1 is 0.486 bits per heavy atom. The fourth-order valence-corrected chi connectivity index (χ4v) is 3.06. The Balaban J connectivity index is 1.33. The Bertz CT molecular complexity index is 1340. The maximum absolute atomic E-state index is 12.3. The Kier molecular flexibility index (Phi) is 7.15. The van der Waals surface area contributed by atoms with E-state index in [1.807, 2.05) is 0 Å². The fraction of sp³-hybridized carbons (Fsp3) is 0. The van der Waals surface area contributed by atoms with Crippen molar-refractivity contribution < 1.29 is 33.6 Å². The van der Waals surface area contributed by atoms with Gasteiger partial charge in [-0.15, -0.1) is 0 Å². The first-order chi connectivity index (χ1) is 17.8. The summed E-state index contributed by atoms with van der Waals surface area (Å²) in [5, 5.41) is 21.4. The van der Waals surface area contributed by atoms with Crippen LogP contribution in [-0.2, 0) is 0 Å². The summed E-state index contributed by atoms with van der Waals surface area (Å²) in [6.07, 6.45) is 0. The van der Waals surface area contributed by atoms with Gasteiger partial charge in [0.15, 0.2) is 0 Å². The highest BCUT2D eigenvalue weighted by Crippen LogP contribution is 2.24. The molecule has 37 heavy (non-hydrogen) atoms. The molecule has 0 aliphatic rings. The van der Waals surface area contributed by atoms with Crippen molar-refractivity contribution in [1.29, 1.82) is 0 Å². The topological polar surface area (TPSA) is 148 Å². The molecule has 0 N–H and O–H groups in total. The van der Waals surface area contributed by atoms with E-state index in [-0.39, 0.29) is 34.0 Å². The molecule has 4 aromatic carbocycles. The molecule has 4 aromatic rings. The van der Waals surface area contributed by atoms with E-state index in [0.29, 0.717) is 11.5 Å². The highest BCUT2D eigenvalue weighted by atomic mass is 16.6. The minimum Gasteiger partial charge on any atom is -0.457 e. The highest BCUT2D eigenvalue weighted by Gasteiger charge is 2.13. The summed E-state index contributed by atoms with van der Waals surface area (Å²) in [4.78, 5) is 44.9. The van der Waals surface area contributed by atoms with Crippen molar-refractivity contribution in [1.82, 2.24) is 0 Å². The number of benzene rings is 4. The van der Waals surface area contributed by atoms with Crippen LogP contribution in [0.3, 0.4) is 0 Å². The van der Waals surface area contributed by atoms with E-state index < -0.39 is 21.8 Å². The van der Waals surface area contributed by atoms with Crippen LogP contribution in [-0.4, -0.2) is 21.8 Å². The van der Waals surface area contributed by atoms with E-state index in [1.165, 1.54) is 72.8 Å². The van der Waals surface area contributed by atoms with Crippen LogP contribution in [0.2, 0.25) is 0 Å². The van der Waals surface area contributed by atoms with Gasteiger partial charge in [-0.1, -0.05) is 0 Å². The minimum absolute atomic E-state index is 0.115. The van der Waals surface area contributed by atoms with Gasteiger partial charge in [0.05, 0.1) is 21.0 Å². The number of ether oxygens (including phenoxy) is 3. The lowest BCUT2D eigenvalue weighted by Crippen LogP contribution is -2.08. The monoisotopic (exact) mass is 500 g/mol. The van der Waals surface area contributed by atoms with E-state index in [2.05, 4.69) is 0 Å². The number of nitro groups is 2. The van der Waals surface area contributed by atoms with Gasteiger partial charge in [0.25, 0.3) is 11.4 Å². The molecule has 0 aromatic heterocycles. The van der Waals surface area contributed by atoms with Crippen LogP contribution in [0.25, 0.3) is 0 Å². The van der Waals surface area contributed by atoms with Gasteiger partial charge in [0.2, 0.25) is 0 Å². The molecule has 0 aliphatic heterocycles. The van der Waals surface area contributed by atoms with Gasteiger partial charge in [0, 0.05) is 24.3 Å². The molecule has 4 rings (SSSR count). The highest BCUT2D eigenvalue weighted by molar-refractivity contribution is 5.91. The predicted molar refractivity (Wildman–Crippen MR) is 129 cm³/mol. The average Bonchev–Trinajstić information content (AvgIpc) is 2.90. The zero-order valence-electron chi connectivity index (χ0n) is 18.8. The third kappa shape index (κ3) is 6.31. The third-order valence-corrected chi connectivity index (χ3v) is 4.93. The van der Waals surface area contributed by atoms with Crippen LogP contribution in [0.4, 0.5) is 11.4 Å². The number of hydrogen-bond acceptors (Lipinski definition) is 9. The number of non-ortho nitro benzene ring substituents is 2. The Morgan fingerprint density at radius 3 is 1.08 bits per heavy atom. The number of nitro benzene ring substituents is 2. The summed E-state index contributed by atoms with van der Waals surface area (Å²) < 4.78 is 16.1. The zero-order valence-corrected chi connectivity index (χ0v) is 18.8. The molecule has 11 nitrogen and oxygen atoms in total. The minimum atomic E-state index is -0.642. The van der Waals surface area contributed by atoms with Crippen molar-refractivity contribution in [2.24, 2.45) is 0 Å². The van der Waals surface area contributed by atoms with Crippen molar-refractivity contribution in [2.45, 2.75) is 0 Å². The molecule has 0 atom stereocenters. The molecule has 0 fully saturated rings. The number of carbonyl (C=O) groups excluding carboxylic acids is 2. The molecular weight excluding hydrogens is 484 g/mol. The van der Waals surface area contributed by atoms with Crippen LogP contribution in [0.15, 0.2) is 97.1 Å². The number of carbonyl (C=O) groups is 2.